The Hall–Kier alpha value is -0.650. The van der Waals surface area contributed by atoms with Crippen LogP contribution in [0.3, 0.4) is 0 Å². The molecule has 2 aromatic rings. The summed E-state index contributed by atoms with van der Waals surface area (Å²) in [7, 11) is 0. The maximum atomic E-state index is 4.72. The first kappa shape index (κ1) is 12.4. The Labute approximate surface area is 120 Å². The zero-order chi connectivity index (χ0) is 12.4. The quantitative estimate of drug-likeness (QED) is 0.809. The van der Waals surface area contributed by atoms with Gasteiger partial charge in [-0.25, -0.2) is 4.98 Å². The summed E-state index contributed by atoms with van der Waals surface area (Å²) in [6, 6.07) is 8.38. The number of hydrogen-bond donors (Lipinski definition) is 0. The van der Waals surface area contributed by atoms with E-state index in [1.165, 1.54) is 9.83 Å². The van der Waals surface area contributed by atoms with Crippen molar-refractivity contribution in [2.24, 2.45) is 0 Å². The molecule has 0 saturated carbocycles. The van der Waals surface area contributed by atoms with E-state index in [0.29, 0.717) is 0 Å². The fraction of sp³-hybridized carbons (Fsp3) is 0.462. The van der Waals surface area contributed by atoms with Gasteiger partial charge in [0.1, 0.15) is 0 Å². The first-order chi connectivity index (χ1) is 8.86. The predicted octanol–water partition coefficient (Wildman–Crippen LogP) is 2.81. The van der Waals surface area contributed by atoms with Gasteiger partial charge in [0.15, 0.2) is 5.13 Å². The van der Waals surface area contributed by atoms with Crippen molar-refractivity contribution in [1.29, 1.82) is 0 Å². The van der Waals surface area contributed by atoms with Crippen LogP contribution in [0.15, 0.2) is 24.3 Å². The molecule has 1 fully saturated rings. The summed E-state index contributed by atoms with van der Waals surface area (Å²) in [6.07, 6.45) is 0. The summed E-state index contributed by atoms with van der Waals surface area (Å²) in [5, 5.41) is 2.24. The third kappa shape index (κ3) is 2.53. The number of nitrogens with zero attached hydrogens (tertiary/aromatic N) is 3. The molecule has 0 atom stereocenters. The number of halogens is 1. The number of para-hydroxylation sites is 1. The number of anilines is 1. The van der Waals surface area contributed by atoms with Gasteiger partial charge in [-0.2, -0.15) is 0 Å². The van der Waals surface area contributed by atoms with E-state index >= 15 is 0 Å². The molecule has 5 heteroatoms. The molecule has 0 amide bonds. The van der Waals surface area contributed by atoms with E-state index in [2.05, 4.69) is 50.0 Å². The fourth-order valence-corrected chi connectivity index (χ4v) is 3.80. The second-order valence-corrected chi connectivity index (χ2v) is 6.28. The third-order valence-corrected chi connectivity index (χ3v) is 4.78. The van der Waals surface area contributed by atoms with Gasteiger partial charge in [0.05, 0.1) is 10.2 Å². The minimum atomic E-state index is 1.06. The Balaban J connectivity index is 1.72. The van der Waals surface area contributed by atoms with Crippen molar-refractivity contribution in [3.05, 3.63) is 24.3 Å². The smallest absolute Gasteiger partial charge is 0.186 e. The number of hydrogen-bond acceptors (Lipinski definition) is 4. The second-order valence-electron chi connectivity index (χ2n) is 4.48. The SMILES string of the molecule is BrCCN1CCN(c2nc3ccccc3s2)CC1. The fourth-order valence-electron chi connectivity index (χ4n) is 2.28. The highest BCUT2D eigenvalue weighted by Gasteiger charge is 2.18. The number of piperazine rings is 1. The van der Waals surface area contributed by atoms with Gasteiger partial charge < -0.3 is 4.90 Å². The molecule has 18 heavy (non-hydrogen) atoms. The highest BCUT2D eigenvalue weighted by molar-refractivity contribution is 9.09. The molecule has 0 radical (unpaired) electrons. The number of rotatable bonds is 3. The zero-order valence-electron chi connectivity index (χ0n) is 10.2. The highest BCUT2D eigenvalue weighted by atomic mass is 79.9. The van der Waals surface area contributed by atoms with Crippen molar-refractivity contribution in [2.75, 3.05) is 43.0 Å². The van der Waals surface area contributed by atoms with E-state index in [9.17, 15) is 0 Å². The van der Waals surface area contributed by atoms with Crippen LogP contribution in [0.25, 0.3) is 10.2 Å². The zero-order valence-corrected chi connectivity index (χ0v) is 12.6. The molecule has 1 aliphatic rings. The molecule has 0 bridgehead atoms. The minimum absolute atomic E-state index is 1.06. The molecule has 1 aromatic heterocycles. The Morgan fingerprint density at radius 3 is 2.67 bits per heavy atom. The summed E-state index contributed by atoms with van der Waals surface area (Å²) in [5.74, 6) is 0. The molecular formula is C13H16BrN3S. The van der Waals surface area contributed by atoms with Crippen LogP contribution in [-0.4, -0.2) is 47.9 Å². The Morgan fingerprint density at radius 1 is 1.17 bits per heavy atom. The number of benzene rings is 1. The van der Waals surface area contributed by atoms with Gasteiger partial charge in [0, 0.05) is 38.1 Å². The minimum Gasteiger partial charge on any atom is -0.345 e. The maximum Gasteiger partial charge on any atom is 0.186 e. The molecular weight excluding hydrogens is 310 g/mol. The van der Waals surface area contributed by atoms with E-state index in [-0.39, 0.29) is 0 Å². The summed E-state index contributed by atoms with van der Waals surface area (Å²) in [5.41, 5.74) is 1.13. The second kappa shape index (κ2) is 5.55. The van der Waals surface area contributed by atoms with Crippen molar-refractivity contribution in [1.82, 2.24) is 9.88 Å². The van der Waals surface area contributed by atoms with Crippen molar-refractivity contribution in [3.8, 4) is 0 Å². The molecule has 0 N–H and O–H groups in total. The molecule has 0 spiro atoms. The van der Waals surface area contributed by atoms with Crippen LogP contribution in [0.4, 0.5) is 5.13 Å². The molecule has 1 aliphatic heterocycles. The van der Waals surface area contributed by atoms with Crippen molar-refractivity contribution in [3.63, 3.8) is 0 Å². The van der Waals surface area contributed by atoms with E-state index in [0.717, 1.165) is 43.6 Å². The van der Waals surface area contributed by atoms with Gasteiger partial charge in [-0.05, 0) is 12.1 Å². The number of aromatic nitrogens is 1. The van der Waals surface area contributed by atoms with E-state index in [1.54, 1.807) is 11.3 Å². The summed E-state index contributed by atoms with van der Waals surface area (Å²) < 4.78 is 1.29. The van der Waals surface area contributed by atoms with Crippen LogP contribution in [0, 0.1) is 0 Å². The van der Waals surface area contributed by atoms with E-state index in [4.69, 9.17) is 4.98 Å². The summed E-state index contributed by atoms with van der Waals surface area (Å²) in [6.45, 7) is 5.61. The van der Waals surface area contributed by atoms with Gasteiger partial charge in [-0.1, -0.05) is 39.4 Å². The lowest BCUT2D eigenvalue weighted by Crippen LogP contribution is -2.46. The molecule has 1 saturated heterocycles. The summed E-state index contributed by atoms with van der Waals surface area (Å²) >= 11 is 5.31. The molecule has 3 nitrogen and oxygen atoms in total. The van der Waals surface area contributed by atoms with Crippen LogP contribution in [0.5, 0.6) is 0 Å². The average Bonchev–Trinajstić information content (AvgIpc) is 2.84. The monoisotopic (exact) mass is 325 g/mol. The molecule has 1 aromatic carbocycles. The lowest BCUT2D eigenvalue weighted by atomic mass is 10.3. The van der Waals surface area contributed by atoms with Gasteiger partial charge in [0.25, 0.3) is 0 Å². The normalized spacial score (nSPS) is 17.5. The predicted molar refractivity (Wildman–Crippen MR) is 82.1 cm³/mol. The van der Waals surface area contributed by atoms with Crippen LogP contribution in [0.1, 0.15) is 0 Å². The van der Waals surface area contributed by atoms with Crippen molar-refractivity contribution < 1.29 is 0 Å². The summed E-state index contributed by atoms with van der Waals surface area (Å²) in [4.78, 5) is 9.63. The molecule has 3 rings (SSSR count). The van der Waals surface area contributed by atoms with Gasteiger partial charge in [-0.15, -0.1) is 0 Å². The maximum absolute atomic E-state index is 4.72. The molecule has 0 aliphatic carbocycles. The highest BCUT2D eigenvalue weighted by Crippen LogP contribution is 2.28. The van der Waals surface area contributed by atoms with Crippen molar-refractivity contribution in [2.45, 2.75) is 0 Å². The molecule has 96 valence electrons. The Morgan fingerprint density at radius 2 is 1.94 bits per heavy atom. The van der Waals surface area contributed by atoms with E-state index in [1.807, 2.05) is 0 Å². The first-order valence-corrected chi connectivity index (χ1v) is 8.19. The number of thiazole rings is 1. The van der Waals surface area contributed by atoms with Gasteiger partial charge in [0.2, 0.25) is 0 Å². The topological polar surface area (TPSA) is 19.4 Å². The lowest BCUT2D eigenvalue weighted by molar-refractivity contribution is 0.274. The van der Waals surface area contributed by atoms with E-state index < -0.39 is 0 Å². The Kier molecular flexibility index (Phi) is 3.82. The number of fused-ring (bicyclic) bond motifs is 1. The van der Waals surface area contributed by atoms with Gasteiger partial charge >= 0.3 is 0 Å². The van der Waals surface area contributed by atoms with Crippen LogP contribution in [0.2, 0.25) is 0 Å². The molecule has 0 unspecified atom stereocenters. The third-order valence-electron chi connectivity index (χ3n) is 3.33. The number of alkyl halides is 1. The average molecular weight is 326 g/mol. The van der Waals surface area contributed by atoms with Crippen LogP contribution < -0.4 is 4.90 Å². The largest absolute Gasteiger partial charge is 0.345 e. The Bertz CT molecular complexity index is 487. The first-order valence-electron chi connectivity index (χ1n) is 6.25. The van der Waals surface area contributed by atoms with Crippen molar-refractivity contribution >= 4 is 42.6 Å². The van der Waals surface area contributed by atoms with Gasteiger partial charge in [-0.3, -0.25) is 4.90 Å². The standard InChI is InChI=1S/C13H16BrN3S/c14-5-6-16-7-9-17(10-8-16)13-15-11-3-1-2-4-12(11)18-13/h1-4H,5-10H2. The van der Waals surface area contributed by atoms with Crippen LogP contribution >= 0.6 is 27.3 Å². The molecule has 2 heterocycles. The van der Waals surface area contributed by atoms with Crippen LogP contribution in [-0.2, 0) is 0 Å². The lowest BCUT2D eigenvalue weighted by Gasteiger charge is -2.34.